The monoisotopic (exact) mass is 422 g/mol. The molecule has 0 saturated heterocycles. The van der Waals surface area contributed by atoms with Gasteiger partial charge in [-0.05, 0) is 43.7 Å². The van der Waals surface area contributed by atoms with E-state index >= 15 is 0 Å². The number of methoxy groups -OCH3 is 1. The van der Waals surface area contributed by atoms with Crippen LogP contribution in [0.25, 0.3) is 10.9 Å². The number of esters is 1. The van der Waals surface area contributed by atoms with Crippen molar-refractivity contribution in [3.05, 3.63) is 54.2 Å². The number of hydrogen-bond donors (Lipinski definition) is 1. The van der Waals surface area contributed by atoms with Crippen LogP contribution in [0.4, 0.5) is 11.4 Å². The number of unbranched alkanes of at least 4 members (excludes halogenated alkanes) is 3. The lowest BCUT2D eigenvalue weighted by Crippen LogP contribution is -2.09. The molecule has 1 heterocycles. The van der Waals surface area contributed by atoms with Crippen LogP contribution >= 0.6 is 0 Å². The number of ether oxygens (including phenoxy) is 3. The van der Waals surface area contributed by atoms with E-state index in [4.69, 9.17) is 14.2 Å². The van der Waals surface area contributed by atoms with Gasteiger partial charge in [0.05, 0.1) is 26.0 Å². The second kappa shape index (κ2) is 11.2. The molecule has 0 fully saturated rings. The SMILES string of the molecule is CCCCCCOc1ccc(Nc2c(C(=O)OCC)cnc3c(OC)cccc23)cc1. The zero-order chi connectivity index (χ0) is 22.1. The van der Waals surface area contributed by atoms with Crippen molar-refractivity contribution in [2.24, 2.45) is 0 Å². The van der Waals surface area contributed by atoms with Crippen molar-refractivity contribution in [2.45, 2.75) is 39.5 Å². The number of anilines is 2. The molecule has 0 aliphatic carbocycles. The average Bonchev–Trinajstić information content (AvgIpc) is 2.80. The Morgan fingerprint density at radius 2 is 1.84 bits per heavy atom. The topological polar surface area (TPSA) is 69.7 Å². The number of carbonyl (C=O) groups excluding carboxylic acids is 1. The van der Waals surface area contributed by atoms with E-state index < -0.39 is 5.97 Å². The third-order valence-electron chi connectivity index (χ3n) is 4.97. The minimum atomic E-state index is -0.422. The summed E-state index contributed by atoms with van der Waals surface area (Å²) in [6.07, 6.45) is 6.22. The van der Waals surface area contributed by atoms with Gasteiger partial charge in [0.1, 0.15) is 22.6 Å². The summed E-state index contributed by atoms with van der Waals surface area (Å²) in [4.78, 5) is 17.0. The molecule has 3 rings (SSSR count). The van der Waals surface area contributed by atoms with Crippen LogP contribution in [-0.2, 0) is 4.74 Å². The molecule has 0 spiro atoms. The second-order valence-electron chi connectivity index (χ2n) is 7.18. The Kier molecular flexibility index (Phi) is 8.10. The van der Waals surface area contributed by atoms with Crippen LogP contribution in [0.1, 0.15) is 49.9 Å². The summed E-state index contributed by atoms with van der Waals surface area (Å²) in [6, 6.07) is 13.3. The summed E-state index contributed by atoms with van der Waals surface area (Å²) in [5.74, 6) is 1.05. The maximum atomic E-state index is 12.5. The Hall–Kier alpha value is -3.28. The van der Waals surface area contributed by atoms with E-state index in [2.05, 4.69) is 17.2 Å². The molecule has 3 aromatic rings. The molecule has 0 amide bonds. The van der Waals surface area contributed by atoms with Crippen molar-refractivity contribution in [1.82, 2.24) is 4.98 Å². The van der Waals surface area contributed by atoms with E-state index in [-0.39, 0.29) is 0 Å². The predicted octanol–water partition coefficient (Wildman–Crippen LogP) is 6.12. The van der Waals surface area contributed by atoms with Gasteiger partial charge in [-0.25, -0.2) is 4.79 Å². The van der Waals surface area contributed by atoms with E-state index in [0.717, 1.165) is 23.2 Å². The molecule has 0 bridgehead atoms. The minimum absolute atomic E-state index is 0.290. The number of fused-ring (bicyclic) bond motifs is 1. The first-order chi connectivity index (χ1) is 15.2. The van der Waals surface area contributed by atoms with E-state index in [1.165, 1.54) is 25.5 Å². The van der Waals surface area contributed by atoms with Gasteiger partial charge >= 0.3 is 5.97 Å². The van der Waals surface area contributed by atoms with E-state index in [1.807, 2.05) is 42.5 Å². The van der Waals surface area contributed by atoms with Crippen LogP contribution in [0.3, 0.4) is 0 Å². The lowest BCUT2D eigenvalue weighted by atomic mass is 10.1. The second-order valence-corrected chi connectivity index (χ2v) is 7.18. The Morgan fingerprint density at radius 1 is 1.03 bits per heavy atom. The van der Waals surface area contributed by atoms with Crippen LogP contribution in [0.15, 0.2) is 48.7 Å². The van der Waals surface area contributed by atoms with Crippen LogP contribution in [0.2, 0.25) is 0 Å². The molecule has 0 aliphatic heterocycles. The number of hydrogen-bond acceptors (Lipinski definition) is 6. The number of rotatable bonds is 11. The minimum Gasteiger partial charge on any atom is -0.494 e. The van der Waals surface area contributed by atoms with Crippen molar-refractivity contribution in [1.29, 1.82) is 0 Å². The van der Waals surface area contributed by atoms with Gasteiger partial charge in [0.25, 0.3) is 0 Å². The van der Waals surface area contributed by atoms with Crippen molar-refractivity contribution >= 4 is 28.2 Å². The normalized spacial score (nSPS) is 10.7. The Labute approximate surface area is 183 Å². The Balaban J connectivity index is 1.85. The summed E-state index contributed by atoms with van der Waals surface area (Å²) in [5.41, 5.74) is 2.52. The Morgan fingerprint density at radius 3 is 2.55 bits per heavy atom. The summed E-state index contributed by atoms with van der Waals surface area (Å²) in [6.45, 7) is 4.98. The third kappa shape index (κ3) is 5.66. The van der Waals surface area contributed by atoms with Crippen molar-refractivity contribution in [2.75, 3.05) is 25.6 Å². The molecular formula is C25H30N2O4. The molecule has 0 saturated carbocycles. The number of para-hydroxylation sites is 1. The molecule has 31 heavy (non-hydrogen) atoms. The molecule has 0 unspecified atom stereocenters. The highest BCUT2D eigenvalue weighted by molar-refractivity contribution is 6.07. The smallest absolute Gasteiger partial charge is 0.341 e. The first-order valence-electron chi connectivity index (χ1n) is 10.8. The number of benzene rings is 2. The van der Waals surface area contributed by atoms with Gasteiger partial charge in [-0.1, -0.05) is 38.3 Å². The first kappa shape index (κ1) is 22.4. The summed E-state index contributed by atoms with van der Waals surface area (Å²) in [5, 5.41) is 4.14. The standard InChI is InChI=1S/C25H30N2O4/c1-4-6-7-8-16-31-19-14-12-18(13-15-19)27-23-20-10-9-11-22(29-3)24(20)26-17-21(23)25(28)30-5-2/h9-15,17H,4-8,16H2,1-3H3,(H,26,27). The van der Waals surface area contributed by atoms with Gasteiger partial charge < -0.3 is 19.5 Å². The average molecular weight is 423 g/mol. The summed E-state index contributed by atoms with van der Waals surface area (Å²) >= 11 is 0. The maximum Gasteiger partial charge on any atom is 0.341 e. The molecule has 1 aromatic heterocycles. The van der Waals surface area contributed by atoms with E-state index in [9.17, 15) is 4.79 Å². The number of carbonyl (C=O) groups is 1. The zero-order valence-corrected chi connectivity index (χ0v) is 18.4. The largest absolute Gasteiger partial charge is 0.494 e. The Bertz CT molecular complexity index is 1000. The predicted molar refractivity (Wildman–Crippen MR) is 124 cm³/mol. The number of aromatic nitrogens is 1. The highest BCUT2D eigenvalue weighted by Gasteiger charge is 2.18. The fourth-order valence-electron chi connectivity index (χ4n) is 3.36. The number of pyridine rings is 1. The zero-order valence-electron chi connectivity index (χ0n) is 18.4. The van der Waals surface area contributed by atoms with Gasteiger partial charge in [0.15, 0.2) is 0 Å². The lowest BCUT2D eigenvalue weighted by molar-refractivity contribution is 0.0527. The lowest BCUT2D eigenvalue weighted by Gasteiger charge is -2.15. The van der Waals surface area contributed by atoms with Crippen LogP contribution in [0, 0.1) is 0 Å². The van der Waals surface area contributed by atoms with Crippen molar-refractivity contribution < 1.29 is 19.0 Å². The van der Waals surface area contributed by atoms with Crippen LogP contribution in [0.5, 0.6) is 11.5 Å². The molecule has 164 valence electrons. The van der Waals surface area contributed by atoms with Crippen molar-refractivity contribution in [3.63, 3.8) is 0 Å². The molecule has 0 aliphatic rings. The van der Waals surface area contributed by atoms with Gasteiger partial charge in [-0.2, -0.15) is 0 Å². The highest BCUT2D eigenvalue weighted by atomic mass is 16.5. The summed E-state index contributed by atoms with van der Waals surface area (Å²) < 4.78 is 16.5. The molecule has 2 aromatic carbocycles. The van der Waals surface area contributed by atoms with Gasteiger partial charge in [0.2, 0.25) is 0 Å². The fraction of sp³-hybridized carbons (Fsp3) is 0.360. The molecular weight excluding hydrogens is 392 g/mol. The van der Waals surface area contributed by atoms with E-state index in [0.29, 0.717) is 35.7 Å². The molecule has 0 atom stereocenters. The van der Waals surface area contributed by atoms with Gasteiger partial charge in [-0.3, -0.25) is 4.98 Å². The van der Waals surface area contributed by atoms with Crippen molar-refractivity contribution in [3.8, 4) is 11.5 Å². The molecule has 6 nitrogen and oxygen atoms in total. The summed E-state index contributed by atoms with van der Waals surface area (Å²) in [7, 11) is 1.60. The van der Waals surface area contributed by atoms with Crippen LogP contribution in [-0.4, -0.2) is 31.3 Å². The first-order valence-corrected chi connectivity index (χ1v) is 10.8. The highest BCUT2D eigenvalue weighted by Crippen LogP contribution is 2.34. The number of nitrogens with zero attached hydrogens (tertiary/aromatic N) is 1. The maximum absolute atomic E-state index is 12.5. The molecule has 1 N–H and O–H groups in total. The number of nitrogens with one attached hydrogen (secondary N) is 1. The van der Waals surface area contributed by atoms with Crippen LogP contribution < -0.4 is 14.8 Å². The molecule has 0 radical (unpaired) electrons. The van der Waals surface area contributed by atoms with E-state index in [1.54, 1.807) is 14.0 Å². The van der Waals surface area contributed by atoms with Gasteiger partial charge in [-0.15, -0.1) is 0 Å². The molecule has 6 heteroatoms. The van der Waals surface area contributed by atoms with Gasteiger partial charge in [0, 0.05) is 17.3 Å². The fourth-order valence-corrected chi connectivity index (χ4v) is 3.36. The third-order valence-corrected chi connectivity index (χ3v) is 4.97. The quantitative estimate of drug-likeness (QED) is 0.296.